The van der Waals surface area contributed by atoms with Crippen molar-refractivity contribution in [2.45, 2.75) is 32.8 Å². The number of alkyl halides is 2. The lowest BCUT2D eigenvalue weighted by Gasteiger charge is -2.21. The number of fused-ring (bicyclic) bond motifs is 1. The van der Waals surface area contributed by atoms with Crippen LogP contribution in [0.2, 0.25) is 0 Å². The first-order valence-electron chi connectivity index (χ1n) is 10.9. The van der Waals surface area contributed by atoms with Crippen LogP contribution < -0.4 is 4.74 Å². The molecule has 1 N–H and O–H groups in total. The number of rotatable bonds is 6. The summed E-state index contributed by atoms with van der Waals surface area (Å²) in [6, 6.07) is 17.8. The van der Waals surface area contributed by atoms with E-state index in [0.717, 1.165) is 0 Å². The largest absolute Gasteiger partial charge is 0.508 e. The van der Waals surface area contributed by atoms with Crippen molar-refractivity contribution in [1.82, 2.24) is 0 Å². The Hall–Kier alpha value is -3.71. The highest BCUT2D eigenvalue weighted by Gasteiger charge is 2.25. The Labute approximate surface area is 206 Å². The number of para-hydroxylation sites is 1. The van der Waals surface area contributed by atoms with E-state index in [1.165, 1.54) is 23.5 Å². The summed E-state index contributed by atoms with van der Waals surface area (Å²) in [5.41, 5.74) is 0.0458. The number of halogens is 2. The maximum atomic E-state index is 13.8. The molecule has 1 heterocycles. The third kappa shape index (κ3) is 5.20. The molecule has 4 nitrogen and oxygen atoms in total. The van der Waals surface area contributed by atoms with E-state index >= 15 is 0 Å². The Bertz CT molecular complexity index is 1420. The zero-order chi connectivity index (χ0) is 25.3. The molecule has 0 fully saturated rings. The number of thiophene rings is 1. The van der Waals surface area contributed by atoms with Gasteiger partial charge in [-0.2, -0.15) is 0 Å². The number of hydrogen-bond acceptors (Lipinski definition) is 5. The van der Waals surface area contributed by atoms with Gasteiger partial charge in [-0.1, -0.05) is 49.0 Å². The van der Waals surface area contributed by atoms with Gasteiger partial charge in [-0.3, -0.25) is 0 Å². The van der Waals surface area contributed by atoms with Gasteiger partial charge in [0.15, 0.2) is 5.75 Å². The monoisotopic (exact) mass is 494 g/mol. The highest BCUT2D eigenvalue weighted by Crippen LogP contribution is 2.49. The predicted molar refractivity (Wildman–Crippen MR) is 135 cm³/mol. The molecule has 0 saturated heterocycles. The molecular formula is C28H24F2O4S. The maximum Gasteiger partial charge on any atom is 0.338 e. The van der Waals surface area contributed by atoms with E-state index in [0.29, 0.717) is 37.6 Å². The zero-order valence-electron chi connectivity index (χ0n) is 19.5. The molecule has 3 aromatic carbocycles. The van der Waals surface area contributed by atoms with Crippen molar-refractivity contribution in [3.05, 3.63) is 84.4 Å². The van der Waals surface area contributed by atoms with Gasteiger partial charge in [0, 0.05) is 26.8 Å². The second kappa shape index (κ2) is 9.50. The minimum atomic E-state index is -2.68. The van der Waals surface area contributed by atoms with Crippen molar-refractivity contribution < 1.29 is 28.2 Å². The number of phenols is 1. The molecule has 0 unspecified atom stereocenters. The number of aromatic hydroxyl groups is 1. The van der Waals surface area contributed by atoms with Crippen molar-refractivity contribution in [3.8, 4) is 27.7 Å². The summed E-state index contributed by atoms with van der Waals surface area (Å²) in [6.45, 7) is 9.20. The van der Waals surface area contributed by atoms with Gasteiger partial charge in [-0.25, -0.2) is 13.6 Å². The quantitative estimate of drug-likeness (QED) is 0.216. The number of carbonyl (C=O) groups is 1. The average Bonchev–Trinajstić information content (AvgIpc) is 3.15. The van der Waals surface area contributed by atoms with Crippen LogP contribution in [0.3, 0.4) is 0 Å². The topological polar surface area (TPSA) is 55.8 Å². The van der Waals surface area contributed by atoms with Crippen LogP contribution in [0.15, 0.2) is 73.3 Å². The van der Waals surface area contributed by atoms with Crippen LogP contribution in [0.1, 0.15) is 38.3 Å². The molecule has 4 aromatic rings. The van der Waals surface area contributed by atoms with Gasteiger partial charge in [-0.15, -0.1) is 11.3 Å². The van der Waals surface area contributed by atoms with Gasteiger partial charge < -0.3 is 14.6 Å². The van der Waals surface area contributed by atoms with E-state index in [4.69, 9.17) is 9.47 Å². The first-order valence-corrected chi connectivity index (χ1v) is 11.7. The van der Waals surface area contributed by atoms with Gasteiger partial charge >= 0.3 is 5.97 Å². The fourth-order valence-electron chi connectivity index (χ4n) is 3.60. The van der Waals surface area contributed by atoms with Crippen LogP contribution in [0.25, 0.3) is 26.1 Å². The fourth-order valence-corrected chi connectivity index (χ4v) is 4.81. The SMILES string of the molecule is C=C(C(=O)OC(C)(C)C)c1ccccc1Oc1c(-c2ccccc2C(F)F)sc2cc(O)ccc12. The average molecular weight is 495 g/mol. The maximum absolute atomic E-state index is 13.8. The van der Waals surface area contributed by atoms with Crippen LogP contribution in [0, 0.1) is 0 Å². The minimum absolute atomic E-state index is 0.0534. The summed E-state index contributed by atoms with van der Waals surface area (Å²) in [6.07, 6.45) is -2.68. The highest BCUT2D eigenvalue weighted by atomic mass is 32.1. The first kappa shape index (κ1) is 24.4. The lowest BCUT2D eigenvalue weighted by Crippen LogP contribution is -2.24. The Balaban J connectivity index is 1.85. The van der Waals surface area contributed by atoms with Gasteiger partial charge in [0.2, 0.25) is 0 Å². The molecule has 0 spiro atoms. The molecule has 0 atom stereocenters. The smallest absolute Gasteiger partial charge is 0.338 e. The van der Waals surface area contributed by atoms with E-state index in [1.54, 1.807) is 75.4 Å². The summed E-state index contributed by atoms with van der Waals surface area (Å²) in [7, 11) is 0. The number of hydrogen-bond donors (Lipinski definition) is 1. The molecular weight excluding hydrogens is 470 g/mol. The lowest BCUT2D eigenvalue weighted by molar-refractivity contribution is -0.147. The van der Waals surface area contributed by atoms with E-state index in [9.17, 15) is 18.7 Å². The number of carbonyl (C=O) groups excluding carboxylic acids is 1. The van der Waals surface area contributed by atoms with Crippen molar-refractivity contribution >= 4 is 33.0 Å². The molecule has 0 aliphatic rings. The van der Waals surface area contributed by atoms with E-state index in [1.807, 2.05) is 0 Å². The van der Waals surface area contributed by atoms with Crippen LogP contribution in [0.5, 0.6) is 17.2 Å². The molecule has 7 heteroatoms. The second-order valence-electron chi connectivity index (χ2n) is 8.91. The number of benzene rings is 3. The summed E-state index contributed by atoms with van der Waals surface area (Å²) in [5.74, 6) is 0.143. The Morgan fingerprint density at radius 1 is 1.03 bits per heavy atom. The second-order valence-corrected chi connectivity index (χ2v) is 9.96. The molecule has 0 aliphatic heterocycles. The number of phenolic OH excluding ortho intramolecular Hbond substituents is 1. The normalized spacial score (nSPS) is 11.6. The van der Waals surface area contributed by atoms with Gasteiger partial charge in [0.25, 0.3) is 6.43 Å². The highest BCUT2D eigenvalue weighted by molar-refractivity contribution is 7.22. The van der Waals surface area contributed by atoms with Crippen LogP contribution in [0.4, 0.5) is 8.78 Å². The van der Waals surface area contributed by atoms with Gasteiger partial charge in [-0.05, 0) is 45.0 Å². The van der Waals surface area contributed by atoms with Gasteiger partial charge in [0.1, 0.15) is 17.1 Å². The third-order valence-corrected chi connectivity index (χ3v) is 6.31. The van der Waals surface area contributed by atoms with Gasteiger partial charge in [0.05, 0.1) is 10.5 Å². The lowest BCUT2D eigenvalue weighted by atomic mass is 10.0. The van der Waals surface area contributed by atoms with Crippen molar-refractivity contribution in [2.75, 3.05) is 0 Å². The Morgan fingerprint density at radius 3 is 2.43 bits per heavy atom. The minimum Gasteiger partial charge on any atom is -0.508 e. The van der Waals surface area contributed by atoms with Crippen molar-refractivity contribution in [2.24, 2.45) is 0 Å². The molecule has 0 bridgehead atoms. The molecule has 35 heavy (non-hydrogen) atoms. The summed E-state index contributed by atoms with van der Waals surface area (Å²) < 4.78 is 40.2. The van der Waals surface area contributed by atoms with Crippen LogP contribution in [-0.4, -0.2) is 16.7 Å². The predicted octanol–water partition coefficient (Wildman–Crippen LogP) is 8.36. The number of esters is 1. The van der Waals surface area contributed by atoms with E-state index in [2.05, 4.69) is 6.58 Å². The molecule has 4 rings (SSSR count). The molecule has 0 radical (unpaired) electrons. The standard InChI is InChI=1S/C28H24F2O4S/c1-16(27(32)34-28(2,3)4)18-9-7-8-12-22(18)33-24-21-14-13-17(31)15-23(21)35-25(24)19-10-5-6-11-20(19)26(29)30/h5-15,26,31H,1H2,2-4H3. The van der Waals surface area contributed by atoms with Crippen LogP contribution in [-0.2, 0) is 9.53 Å². The fraction of sp³-hybridized carbons (Fsp3) is 0.179. The first-order chi connectivity index (χ1) is 16.5. The van der Waals surface area contributed by atoms with Crippen molar-refractivity contribution in [3.63, 3.8) is 0 Å². The number of ether oxygens (including phenoxy) is 2. The molecule has 180 valence electrons. The Kier molecular flexibility index (Phi) is 6.63. The summed E-state index contributed by atoms with van der Waals surface area (Å²) in [5, 5.41) is 10.6. The van der Waals surface area contributed by atoms with Crippen molar-refractivity contribution in [1.29, 1.82) is 0 Å². The molecule has 0 amide bonds. The third-order valence-electron chi connectivity index (χ3n) is 5.14. The van der Waals surface area contributed by atoms with Crippen LogP contribution >= 0.6 is 11.3 Å². The molecule has 0 saturated carbocycles. The van der Waals surface area contributed by atoms with E-state index < -0.39 is 18.0 Å². The van der Waals surface area contributed by atoms with E-state index in [-0.39, 0.29) is 16.9 Å². The molecule has 1 aromatic heterocycles. The summed E-state index contributed by atoms with van der Waals surface area (Å²) >= 11 is 1.24. The zero-order valence-corrected chi connectivity index (χ0v) is 20.3. The molecule has 0 aliphatic carbocycles. The summed E-state index contributed by atoms with van der Waals surface area (Å²) in [4.78, 5) is 13.2. The Morgan fingerprint density at radius 2 is 1.71 bits per heavy atom.